The van der Waals surface area contributed by atoms with Crippen LogP contribution >= 0.6 is 0 Å². The fraction of sp³-hybridized carbons (Fsp3) is 0.280. The number of rotatable bonds is 8. The Morgan fingerprint density at radius 1 is 1.21 bits per heavy atom. The van der Waals surface area contributed by atoms with Gasteiger partial charge in [0.05, 0.1) is 16.6 Å². The van der Waals surface area contributed by atoms with Gasteiger partial charge in [-0.1, -0.05) is 11.2 Å². The average molecular weight is 462 g/mol. The number of nitrogens with one attached hydrogen (secondary N) is 1. The molecule has 9 nitrogen and oxygen atoms in total. The molecule has 0 fully saturated rings. The minimum absolute atomic E-state index is 0.244. The molecule has 0 unspecified atom stereocenters. The first-order valence-corrected chi connectivity index (χ1v) is 11.0. The fourth-order valence-electron chi connectivity index (χ4n) is 3.40. The van der Waals surface area contributed by atoms with Crippen LogP contribution in [0.15, 0.2) is 64.4 Å². The van der Waals surface area contributed by atoms with Gasteiger partial charge in [0.15, 0.2) is 5.82 Å². The van der Waals surface area contributed by atoms with Crippen LogP contribution in [0.4, 0.5) is 5.82 Å². The molecule has 0 radical (unpaired) electrons. The highest BCUT2D eigenvalue weighted by Gasteiger charge is 2.14. The standard InChI is InChI=1S/C25H27N5O4/c1-16(2)29(4)10-12-33-19-7-8-21-20(14-19)25(32)30(15-26-21)22-13-18(6-5-17(22)3)24(31)27-23-9-11-34-28-23/h5-9,11,13-16H,10,12H2,1-4H3,(H,27,28,31). The summed E-state index contributed by atoms with van der Waals surface area (Å²) < 4.78 is 12.1. The minimum Gasteiger partial charge on any atom is -0.492 e. The second-order valence-corrected chi connectivity index (χ2v) is 8.36. The zero-order chi connectivity index (χ0) is 24.2. The summed E-state index contributed by atoms with van der Waals surface area (Å²) >= 11 is 0. The van der Waals surface area contributed by atoms with Crippen LogP contribution in [-0.2, 0) is 0 Å². The number of aromatic nitrogens is 3. The first kappa shape index (κ1) is 23.2. The zero-order valence-electron chi connectivity index (χ0n) is 19.6. The van der Waals surface area contributed by atoms with Gasteiger partial charge in [-0.05, 0) is 63.7 Å². The molecule has 2 heterocycles. The summed E-state index contributed by atoms with van der Waals surface area (Å²) in [6, 6.07) is 12.4. The van der Waals surface area contributed by atoms with Crippen LogP contribution in [0, 0.1) is 6.92 Å². The van der Waals surface area contributed by atoms with Crippen molar-refractivity contribution in [3.05, 3.63) is 76.5 Å². The van der Waals surface area contributed by atoms with Gasteiger partial charge in [0.1, 0.15) is 24.9 Å². The lowest BCUT2D eigenvalue weighted by atomic mass is 10.1. The number of likely N-dealkylation sites (N-methyl/N-ethyl adjacent to an activating group) is 1. The van der Waals surface area contributed by atoms with Crippen LogP contribution in [0.5, 0.6) is 5.75 Å². The monoisotopic (exact) mass is 461 g/mol. The first-order chi connectivity index (χ1) is 16.3. The van der Waals surface area contributed by atoms with Gasteiger partial charge in [-0.3, -0.25) is 14.2 Å². The summed E-state index contributed by atoms with van der Waals surface area (Å²) in [6.45, 7) is 7.40. The number of benzene rings is 2. The van der Waals surface area contributed by atoms with Crippen LogP contribution in [0.2, 0.25) is 0 Å². The Balaban J connectivity index is 1.63. The van der Waals surface area contributed by atoms with Gasteiger partial charge in [-0.15, -0.1) is 0 Å². The van der Waals surface area contributed by atoms with Gasteiger partial charge in [0, 0.05) is 24.2 Å². The van der Waals surface area contributed by atoms with Crippen molar-refractivity contribution in [2.75, 3.05) is 25.5 Å². The summed E-state index contributed by atoms with van der Waals surface area (Å²) in [7, 11) is 2.04. The summed E-state index contributed by atoms with van der Waals surface area (Å²) in [5, 5.41) is 6.78. The zero-order valence-corrected chi connectivity index (χ0v) is 19.6. The molecule has 9 heteroatoms. The molecule has 34 heavy (non-hydrogen) atoms. The minimum atomic E-state index is -0.362. The number of nitrogens with zero attached hydrogens (tertiary/aromatic N) is 4. The smallest absolute Gasteiger partial charge is 0.265 e. The third-order valence-corrected chi connectivity index (χ3v) is 5.73. The van der Waals surface area contributed by atoms with E-state index >= 15 is 0 Å². The van der Waals surface area contributed by atoms with E-state index in [2.05, 4.69) is 34.2 Å². The second-order valence-electron chi connectivity index (χ2n) is 8.36. The van der Waals surface area contributed by atoms with E-state index in [0.717, 1.165) is 12.1 Å². The van der Waals surface area contributed by atoms with Crippen molar-refractivity contribution in [2.24, 2.45) is 0 Å². The number of carbonyl (C=O) groups is 1. The maximum atomic E-state index is 13.4. The Kier molecular flexibility index (Phi) is 6.74. The predicted molar refractivity (Wildman–Crippen MR) is 130 cm³/mol. The summed E-state index contributed by atoms with van der Waals surface area (Å²) in [6.07, 6.45) is 2.85. The normalized spacial score (nSPS) is 11.4. The highest BCUT2D eigenvalue weighted by molar-refractivity contribution is 6.04. The van der Waals surface area contributed by atoms with E-state index in [1.165, 1.54) is 17.2 Å². The maximum absolute atomic E-state index is 13.4. The van der Waals surface area contributed by atoms with Crippen LogP contribution < -0.4 is 15.6 Å². The second kappa shape index (κ2) is 9.88. The van der Waals surface area contributed by atoms with Crippen molar-refractivity contribution < 1.29 is 14.1 Å². The molecule has 0 aliphatic carbocycles. The third-order valence-electron chi connectivity index (χ3n) is 5.73. The molecular weight excluding hydrogens is 434 g/mol. The van der Waals surface area contributed by atoms with Crippen LogP contribution in [0.1, 0.15) is 29.8 Å². The molecule has 0 saturated heterocycles. The molecule has 1 amide bonds. The van der Waals surface area contributed by atoms with E-state index in [9.17, 15) is 9.59 Å². The van der Waals surface area contributed by atoms with Crippen molar-refractivity contribution in [3.63, 3.8) is 0 Å². The highest BCUT2D eigenvalue weighted by Crippen LogP contribution is 2.20. The molecule has 2 aromatic carbocycles. The number of aryl methyl sites for hydroxylation is 1. The number of carbonyl (C=O) groups excluding carboxylic acids is 1. The largest absolute Gasteiger partial charge is 0.492 e. The van der Waals surface area contributed by atoms with Crippen LogP contribution in [-0.4, -0.2) is 51.8 Å². The lowest BCUT2D eigenvalue weighted by Crippen LogP contribution is -2.30. The molecule has 4 aromatic rings. The molecular formula is C25H27N5O4. The molecule has 0 bridgehead atoms. The van der Waals surface area contributed by atoms with Gasteiger partial charge in [0.25, 0.3) is 11.5 Å². The van der Waals surface area contributed by atoms with E-state index in [4.69, 9.17) is 9.26 Å². The third kappa shape index (κ3) is 4.99. The molecule has 0 spiro atoms. The summed E-state index contributed by atoms with van der Waals surface area (Å²) in [4.78, 5) is 32.6. The molecule has 4 rings (SSSR count). The quantitative estimate of drug-likeness (QED) is 0.427. The molecule has 0 saturated carbocycles. The van der Waals surface area contributed by atoms with E-state index in [-0.39, 0.29) is 11.5 Å². The van der Waals surface area contributed by atoms with Gasteiger partial charge in [-0.25, -0.2) is 4.98 Å². The lowest BCUT2D eigenvalue weighted by Gasteiger charge is -2.20. The highest BCUT2D eigenvalue weighted by atomic mass is 16.5. The van der Waals surface area contributed by atoms with Crippen molar-refractivity contribution in [3.8, 4) is 11.4 Å². The van der Waals surface area contributed by atoms with Gasteiger partial charge in [0.2, 0.25) is 0 Å². The Bertz CT molecular complexity index is 1360. The molecule has 176 valence electrons. The van der Waals surface area contributed by atoms with Crippen LogP contribution in [0.25, 0.3) is 16.6 Å². The van der Waals surface area contributed by atoms with Crippen molar-refractivity contribution in [1.29, 1.82) is 0 Å². The molecule has 0 atom stereocenters. The Morgan fingerprint density at radius 3 is 2.76 bits per heavy atom. The van der Waals surface area contributed by atoms with Gasteiger partial charge in [-0.2, -0.15) is 0 Å². The number of amides is 1. The molecule has 0 aliphatic heterocycles. The topological polar surface area (TPSA) is 102 Å². The Morgan fingerprint density at radius 2 is 2.03 bits per heavy atom. The number of ether oxygens (including phenoxy) is 1. The SMILES string of the molecule is Cc1ccc(C(=O)Nc2ccon2)cc1-n1cnc2ccc(OCCN(C)C(C)C)cc2c1=O. The fourth-order valence-corrected chi connectivity index (χ4v) is 3.40. The molecule has 0 aliphatic rings. The first-order valence-electron chi connectivity index (χ1n) is 11.0. The predicted octanol–water partition coefficient (Wildman–Crippen LogP) is 3.65. The van der Waals surface area contributed by atoms with Crippen molar-refractivity contribution in [2.45, 2.75) is 26.8 Å². The van der Waals surface area contributed by atoms with E-state index < -0.39 is 0 Å². The number of hydrogen-bond acceptors (Lipinski definition) is 7. The molecule has 2 aromatic heterocycles. The Hall–Kier alpha value is -3.98. The Labute approximate surface area is 197 Å². The van der Waals surface area contributed by atoms with Crippen molar-refractivity contribution in [1.82, 2.24) is 19.6 Å². The number of fused-ring (bicyclic) bond motifs is 1. The van der Waals surface area contributed by atoms with Crippen molar-refractivity contribution >= 4 is 22.6 Å². The summed E-state index contributed by atoms with van der Waals surface area (Å²) in [5.74, 6) is 0.557. The van der Waals surface area contributed by atoms with Gasteiger partial charge < -0.3 is 19.5 Å². The number of hydrogen-bond donors (Lipinski definition) is 1. The summed E-state index contributed by atoms with van der Waals surface area (Å²) in [5.41, 5.74) is 2.10. The van der Waals surface area contributed by atoms with E-state index in [1.807, 2.05) is 20.0 Å². The van der Waals surface area contributed by atoms with Gasteiger partial charge >= 0.3 is 0 Å². The average Bonchev–Trinajstić information content (AvgIpc) is 3.33. The van der Waals surface area contributed by atoms with E-state index in [0.29, 0.717) is 46.4 Å². The lowest BCUT2D eigenvalue weighted by molar-refractivity contribution is 0.102. The number of anilines is 1. The molecule has 1 N–H and O–H groups in total. The maximum Gasteiger partial charge on any atom is 0.265 e. The van der Waals surface area contributed by atoms with E-state index in [1.54, 1.807) is 36.4 Å². The van der Waals surface area contributed by atoms with Crippen LogP contribution in [0.3, 0.4) is 0 Å².